The molecule has 3 nitrogen and oxygen atoms in total. The van der Waals surface area contributed by atoms with Gasteiger partial charge in [-0.1, -0.05) is 48.3 Å². The molecule has 0 aromatic heterocycles. The van der Waals surface area contributed by atoms with Gasteiger partial charge in [-0.25, -0.2) is 4.99 Å². The fourth-order valence-corrected chi connectivity index (χ4v) is 9.59. The van der Waals surface area contributed by atoms with E-state index in [1.807, 2.05) is 37.3 Å². The maximum atomic E-state index is 6.06. The first-order valence-electron chi connectivity index (χ1n) is 7.63. The molecule has 2 rings (SSSR count). The van der Waals surface area contributed by atoms with Crippen LogP contribution in [0.2, 0.25) is 0 Å². The summed E-state index contributed by atoms with van der Waals surface area (Å²) in [5, 5.41) is 1.03. The second kappa shape index (κ2) is 9.33. The first-order chi connectivity index (χ1) is 10.7. The summed E-state index contributed by atoms with van der Waals surface area (Å²) in [5.74, 6) is 2.14. The maximum Gasteiger partial charge on any atom is 0.214 e. The summed E-state index contributed by atoms with van der Waals surface area (Å²) in [4.78, 5) is 4.83. The van der Waals surface area contributed by atoms with E-state index >= 15 is 0 Å². The summed E-state index contributed by atoms with van der Waals surface area (Å²) in [6, 6.07) is 10.1. The molecule has 1 aliphatic rings. The van der Waals surface area contributed by atoms with Crippen LogP contribution in [0.4, 0.5) is 5.69 Å². The average molecular weight is 375 g/mol. The molecular formula is C15H23N2OPS3. The zero-order valence-corrected chi connectivity index (χ0v) is 16.4. The minimum absolute atomic E-state index is 0.660. The van der Waals surface area contributed by atoms with Crippen molar-refractivity contribution in [3.8, 4) is 0 Å². The number of hydrogen-bond acceptors (Lipinski definition) is 5. The maximum absolute atomic E-state index is 6.06. The molecule has 0 aliphatic carbocycles. The van der Waals surface area contributed by atoms with E-state index in [1.165, 1.54) is 0 Å². The van der Waals surface area contributed by atoms with Crippen LogP contribution >= 0.6 is 28.8 Å². The number of nitrogens with zero attached hydrogens (tertiary/aromatic N) is 2. The first-order valence-corrected chi connectivity index (χ1v) is 12.9. The number of para-hydroxylation sites is 1. The lowest BCUT2D eigenvalue weighted by Crippen LogP contribution is -2.31. The number of amidine groups is 1. The Bertz CT molecular complexity index is 539. The van der Waals surface area contributed by atoms with Crippen molar-refractivity contribution in [3.63, 3.8) is 0 Å². The van der Waals surface area contributed by atoms with E-state index in [2.05, 4.69) is 11.6 Å². The first kappa shape index (κ1) is 18.3. The van der Waals surface area contributed by atoms with Crippen molar-refractivity contribution in [2.24, 2.45) is 4.99 Å². The Kier molecular flexibility index (Phi) is 7.78. The van der Waals surface area contributed by atoms with Gasteiger partial charge in [0, 0.05) is 18.1 Å². The smallest absolute Gasteiger partial charge is 0.214 e. The van der Waals surface area contributed by atoms with E-state index in [9.17, 15) is 0 Å². The average Bonchev–Trinajstić information content (AvgIpc) is 2.55. The van der Waals surface area contributed by atoms with Crippen molar-refractivity contribution in [2.45, 2.75) is 26.7 Å². The Morgan fingerprint density at radius 3 is 2.82 bits per heavy atom. The van der Waals surface area contributed by atoms with Crippen LogP contribution in [0.25, 0.3) is 0 Å². The van der Waals surface area contributed by atoms with Crippen molar-refractivity contribution in [2.75, 3.05) is 24.7 Å². The molecule has 1 aromatic rings. The van der Waals surface area contributed by atoms with E-state index in [1.54, 1.807) is 23.1 Å². The lowest BCUT2D eigenvalue weighted by molar-refractivity contribution is 0.361. The Morgan fingerprint density at radius 1 is 1.36 bits per heavy atom. The number of rotatable bonds is 7. The second-order valence-corrected chi connectivity index (χ2v) is 12.6. The highest BCUT2D eigenvalue weighted by atomic mass is 32.9. The van der Waals surface area contributed by atoms with Crippen molar-refractivity contribution >= 4 is 51.4 Å². The minimum atomic E-state index is -2.07. The monoisotopic (exact) mass is 374 g/mol. The largest absolute Gasteiger partial charge is 0.327 e. The molecular weight excluding hydrogens is 351 g/mol. The lowest BCUT2D eigenvalue weighted by atomic mass is 10.3. The molecule has 1 aliphatic heterocycles. The van der Waals surface area contributed by atoms with Crippen LogP contribution in [-0.4, -0.2) is 34.5 Å². The van der Waals surface area contributed by atoms with Crippen LogP contribution < -0.4 is 0 Å². The van der Waals surface area contributed by atoms with Gasteiger partial charge >= 0.3 is 0 Å². The third-order valence-electron chi connectivity index (χ3n) is 2.99. The van der Waals surface area contributed by atoms with Gasteiger partial charge in [0.2, 0.25) is 5.62 Å². The molecule has 122 valence electrons. The van der Waals surface area contributed by atoms with E-state index in [0.717, 1.165) is 41.7 Å². The number of benzene rings is 1. The molecule has 0 saturated carbocycles. The zero-order valence-electron chi connectivity index (χ0n) is 13.1. The van der Waals surface area contributed by atoms with Crippen molar-refractivity contribution < 1.29 is 4.52 Å². The van der Waals surface area contributed by atoms with Crippen LogP contribution in [0, 0.1) is 0 Å². The van der Waals surface area contributed by atoms with Crippen LogP contribution in [0.3, 0.4) is 0 Å². The van der Waals surface area contributed by atoms with Crippen LogP contribution in [0.1, 0.15) is 26.7 Å². The highest BCUT2D eigenvalue weighted by Gasteiger charge is 2.32. The van der Waals surface area contributed by atoms with E-state index in [0.29, 0.717) is 6.61 Å². The summed E-state index contributed by atoms with van der Waals surface area (Å²) in [7, 11) is 0. The SMILES string of the molecule is CCCSP(=S)(OCC)N1CCCSC1=Nc1ccccc1. The van der Waals surface area contributed by atoms with Gasteiger partial charge in [-0.3, -0.25) is 4.67 Å². The highest BCUT2D eigenvalue weighted by Crippen LogP contribution is 2.64. The fraction of sp³-hybridized carbons (Fsp3) is 0.533. The molecule has 1 unspecified atom stereocenters. The van der Waals surface area contributed by atoms with Crippen LogP contribution in [0.15, 0.2) is 35.3 Å². The molecule has 7 heteroatoms. The van der Waals surface area contributed by atoms with Crippen molar-refractivity contribution in [3.05, 3.63) is 30.3 Å². The summed E-state index contributed by atoms with van der Waals surface area (Å²) < 4.78 is 8.33. The number of hydrogen-bond donors (Lipinski definition) is 0. The highest BCUT2D eigenvalue weighted by molar-refractivity contribution is 8.68. The quantitative estimate of drug-likeness (QED) is 0.585. The van der Waals surface area contributed by atoms with Gasteiger partial charge < -0.3 is 4.52 Å². The third kappa shape index (κ3) is 5.00. The summed E-state index contributed by atoms with van der Waals surface area (Å²) in [6.07, 6.45) is 2.25. The Morgan fingerprint density at radius 2 is 2.14 bits per heavy atom. The fourth-order valence-electron chi connectivity index (χ4n) is 2.02. The molecule has 1 heterocycles. The molecule has 0 N–H and O–H groups in total. The van der Waals surface area contributed by atoms with Gasteiger partial charge in [0.25, 0.3) is 0 Å². The zero-order chi connectivity index (χ0) is 15.8. The standard InChI is InChI=1S/C15H23N2OPS3/c1-3-12-22-19(20,18-4-2)17-11-8-13-21-15(17)16-14-9-6-5-7-10-14/h5-7,9-10H,3-4,8,11-13H2,1-2H3. The molecule has 1 atom stereocenters. The third-order valence-corrected chi connectivity index (χ3v) is 11.0. The predicted molar refractivity (Wildman–Crippen MR) is 106 cm³/mol. The summed E-state index contributed by atoms with van der Waals surface area (Å²) in [5.41, 5.74) is -1.09. The molecule has 0 bridgehead atoms. The Balaban J connectivity index is 2.27. The Labute approximate surface area is 147 Å². The predicted octanol–water partition coefficient (Wildman–Crippen LogP) is 5.52. The molecule has 0 amide bonds. The molecule has 1 saturated heterocycles. The van der Waals surface area contributed by atoms with Gasteiger partial charge in [0.15, 0.2) is 5.17 Å². The van der Waals surface area contributed by atoms with Gasteiger partial charge in [-0.15, -0.1) is 0 Å². The Hall–Kier alpha value is -0.000000000000000222. The number of thioether (sulfide) groups is 1. The van der Waals surface area contributed by atoms with Gasteiger partial charge in [0.05, 0.1) is 12.3 Å². The van der Waals surface area contributed by atoms with Crippen molar-refractivity contribution in [1.82, 2.24) is 4.67 Å². The number of aliphatic imine (C=N–C) groups is 1. The van der Waals surface area contributed by atoms with E-state index < -0.39 is 5.62 Å². The van der Waals surface area contributed by atoms with Crippen molar-refractivity contribution in [1.29, 1.82) is 0 Å². The molecule has 0 spiro atoms. The molecule has 1 aromatic carbocycles. The van der Waals surface area contributed by atoms with Gasteiger partial charge in [0.1, 0.15) is 0 Å². The normalized spacial score (nSPS) is 20.1. The lowest BCUT2D eigenvalue weighted by Gasteiger charge is -2.37. The van der Waals surface area contributed by atoms with Crippen LogP contribution in [0.5, 0.6) is 0 Å². The van der Waals surface area contributed by atoms with Gasteiger partial charge in [-0.05, 0) is 43.7 Å². The summed E-state index contributed by atoms with van der Waals surface area (Å²) >= 11 is 9.56. The minimum Gasteiger partial charge on any atom is -0.327 e. The molecule has 0 radical (unpaired) electrons. The summed E-state index contributed by atoms with van der Waals surface area (Å²) in [6.45, 7) is 5.82. The van der Waals surface area contributed by atoms with E-state index in [4.69, 9.17) is 21.3 Å². The molecule has 1 fully saturated rings. The van der Waals surface area contributed by atoms with Crippen LogP contribution in [-0.2, 0) is 16.3 Å². The molecule has 22 heavy (non-hydrogen) atoms. The second-order valence-electron chi connectivity index (χ2n) is 4.77. The van der Waals surface area contributed by atoms with E-state index in [-0.39, 0.29) is 0 Å². The topological polar surface area (TPSA) is 24.8 Å². The van der Waals surface area contributed by atoms with Gasteiger partial charge in [-0.2, -0.15) is 0 Å².